The van der Waals surface area contributed by atoms with Gasteiger partial charge in [0.05, 0.1) is 14.2 Å². The van der Waals surface area contributed by atoms with Gasteiger partial charge in [-0.2, -0.15) is 0 Å². The number of rotatable bonds is 4. The monoisotopic (exact) mass is 251 g/mol. The van der Waals surface area contributed by atoms with Crippen molar-refractivity contribution >= 4 is 17.2 Å². The van der Waals surface area contributed by atoms with Crippen molar-refractivity contribution < 1.29 is 9.47 Å². The summed E-state index contributed by atoms with van der Waals surface area (Å²) in [5.41, 5.74) is 3.48. The van der Waals surface area contributed by atoms with E-state index in [2.05, 4.69) is 10.4 Å². The minimum atomic E-state index is 0.653. The lowest BCUT2D eigenvalue weighted by atomic mass is 10.2. The first-order valence-electron chi connectivity index (χ1n) is 4.93. The molecule has 0 bridgehead atoms. The fraction of sp³-hybridized carbons (Fsp3) is 0.182. The number of benzene rings is 1. The summed E-state index contributed by atoms with van der Waals surface area (Å²) in [5, 5.41) is 2.73. The Bertz CT molecular complexity index is 513. The molecule has 0 fully saturated rings. The van der Waals surface area contributed by atoms with Crippen molar-refractivity contribution in [3.8, 4) is 22.1 Å². The Morgan fingerprint density at radius 1 is 1.24 bits per heavy atom. The van der Waals surface area contributed by atoms with E-state index in [4.69, 9.17) is 15.3 Å². The van der Waals surface area contributed by atoms with Gasteiger partial charge in [0.2, 0.25) is 0 Å². The first kappa shape index (κ1) is 11.7. The van der Waals surface area contributed by atoms with E-state index in [0.29, 0.717) is 17.3 Å². The zero-order chi connectivity index (χ0) is 12.3. The van der Waals surface area contributed by atoms with Crippen LogP contribution in [-0.4, -0.2) is 19.2 Å². The maximum absolute atomic E-state index is 5.29. The van der Waals surface area contributed by atoms with Gasteiger partial charge in [-0.15, -0.1) is 11.3 Å². The van der Waals surface area contributed by atoms with Gasteiger partial charge in [0.25, 0.3) is 0 Å². The van der Waals surface area contributed by atoms with Crippen LogP contribution in [0.5, 0.6) is 11.5 Å². The van der Waals surface area contributed by atoms with Crippen molar-refractivity contribution in [3.05, 3.63) is 23.6 Å². The van der Waals surface area contributed by atoms with Gasteiger partial charge in [-0.05, 0) is 18.2 Å². The third-order valence-electron chi connectivity index (χ3n) is 2.28. The molecule has 5 nitrogen and oxygen atoms in total. The molecule has 0 atom stereocenters. The van der Waals surface area contributed by atoms with Crippen molar-refractivity contribution in [3.63, 3.8) is 0 Å². The largest absolute Gasteiger partial charge is 0.493 e. The average molecular weight is 251 g/mol. The van der Waals surface area contributed by atoms with Gasteiger partial charge in [-0.1, -0.05) is 0 Å². The molecule has 17 heavy (non-hydrogen) atoms. The molecule has 1 aromatic carbocycles. The van der Waals surface area contributed by atoms with Crippen molar-refractivity contribution in [1.29, 1.82) is 0 Å². The van der Waals surface area contributed by atoms with Gasteiger partial charge in [0.1, 0.15) is 5.01 Å². The summed E-state index contributed by atoms with van der Waals surface area (Å²) in [7, 11) is 3.22. The number of ether oxygens (including phenoxy) is 2. The maximum atomic E-state index is 5.29. The van der Waals surface area contributed by atoms with Gasteiger partial charge in [0, 0.05) is 10.9 Å². The second kappa shape index (κ2) is 5.03. The fourth-order valence-corrected chi connectivity index (χ4v) is 2.20. The number of hydrogen-bond acceptors (Lipinski definition) is 6. The number of anilines is 1. The predicted molar refractivity (Wildman–Crippen MR) is 68.5 cm³/mol. The molecule has 2 aromatic rings. The van der Waals surface area contributed by atoms with Gasteiger partial charge < -0.3 is 14.9 Å². The zero-order valence-electron chi connectivity index (χ0n) is 9.56. The summed E-state index contributed by atoms with van der Waals surface area (Å²) in [6, 6.07) is 5.67. The van der Waals surface area contributed by atoms with Crippen LogP contribution in [0.3, 0.4) is 0 Å². The second-order valence-corrected chi connectivity index (χ2v) is 4.11. The Labute approximate surface area is 103 Å². The number of nitrogens with one attached hydrogen (secondary N) is 1. The average Bonchev–Trinajstić information content (AvgIpc) is 2.86. The third kappa shape index (κ3) is 2.32. The van der Waals surface area contributed by atoms with Crippen molar-refractivity contribution in [2.45, 2.75) is 0 Å². The smallest absolute Gasteiger partial charge is 0.161 e. The molecule has 6 heteroatoms. The number of aromatic nitrogens is 1. The highest BCUT2D eigenvalue weighted by Gasteiger charge is 2.08. The van der Waals surface area contributed by atoms with E-state index in [-0.39, 0.29) is 0 Å². The number of nitrogen functional groups attached to an aromatic ring is 1. The quantitative estimate of drug-likeness (QED) is 0.643. The highest BCUT2D eigenvalue weighted by atomic mass is 32.1. The molecule has 0 aliphatic carbocycles. The summed E-state index contributed by atoms with van der Waals surface area (Å²) in [4.78, 5) is 4.32. The first-order chi connectivity index (χ1) is 8.28. The Hall–Kier alpha value is -1.79. The van der Waals surface area contributed by atoms with Crippen molar-refractivity contribution in [2.75, 3.05) is 19.6 Å². The lowest BCUT2D eigenvalue weighted by Gasteiger charge is -2.08. The van der Waals surface area contributed by atoms with E-state index in [9.17, 15) is 0 Å². The molecule has 0 aliphatic heterocycles. The highest BCUT2D eigenvalue weighted by molar-refractivity contribution is 7.13. The van der Waals surface area contributed by atoms with E-state index in [1.165, 1.54) is 11.3 Å². The highest BCUT2D eigenvalue weighted by Crippen LogP contribution is 2.33. The van der Waals surface area contributed by atoms with Crippen LogP contribution in [0, 0.1) is 0 Å². The van der Waals surface area contributed by atoms with Crippen molar-refractivity contribution in [2.24, 2.45) is 5.84 Å². The number of nitrogens with zero attached hydrogens (tertiary/aromatic N) is 1. The van der Waals surface area contributed by atoms with Crippen LogP contribution in [-0.2, 0) is 0 Å². The van der Waals surface area contributed by atoms with Crippen LogP contribution >= 0.6 is 11.3 Å². The normalized spacial score (nSPS) is 10.1. The molecule has 3 N–H and O–H groups in total. The molecule has 0 unspecified atom stereocenters. The van der Waals surface area contributed by atoms with Crippen LogP contribution < -0.4 is 20.7 Å². The molecular weight excluding hydrogens is 238 g/mol. The minimum absolute atomic E-state index is 0.653. The topological polar surface area (TPSA) is 69.4 Å². The van der Waals surface area contributed by atoms with Gasteiger partial charge in [-0.3, -0.25) is 0 Å². The van der Waals surface area contributed by atoms with Gasteiger partial charge >= 0.3 is 0 Å². The Balaban J connectivity index is 2.38. The van der Waals surface area contributed by atoms with E-state index >= 15 is 0 Å². The van der Waals surface area contributed by atoms with Crippen LogP contribution in [0.15, 0.2) is 23.6 Å². The van der Waals surface area contributed by atoms with E-state index in [1.54, 1.807) is 14.2 Å². The summed E-state index contributed by atoms with van der Waals surface area (Å²) in [6.07, 6.45) is 0. The second-order valence-electron chi connectivity index (χ2n) is 3.25. The third-order valence-corrected chi connectivity index (χ3v) is 3.17. The predicted octanol–water partition coefficient (Wildman–Crippen LogP) is 2.11. The number of methoxy groups -OCH3 is 2. The Morgan fingerprint density at radius 2 is 2.00 bits per heavy atom. The molecule has 0 aliphatic rings. The van der Waals surface area contributed by atoms with Crippen LogP contribution in [0.4, 0.5) is 5.82 Å². The molecule has 0 saturated heterocycles. The molecule has 1 heterocycles. The summed E-state index contributed by atoms with van der Waals surface area (Å²) < 4.78 is 10.4. The number of thiazole rings is 1. The van der Waals surface area contributed by atoms with Crippen LogP contribution in [0.1, 0.15) is 0 Å². The molecule has 0 spiro atoms. The molecule has 1 aromatic heterocycles. The Kier molecular flexibility index (Phi) is 3.46. The van der Waals surface area contributed by atoms with E-state index in [0.717, 1.165) is 10.6 Å². The van der Waals surface area contributed by atoms with Crippen LogP contribution in [0.2, 0.25) is 0 Å². The fourth-order valence-electron chi connectivity index (χ4n) is 1.44. The molecule has 0 amide bonds. The van der Waals surface area contributed by atoms with Gasteiger partial charge in [0.15, 0.2) is 17.3 Å². The number of nitrogens with two attached hydrogens (primary N) is 1. The minimum Gasteiger partial charge on any atom is -0.493 e. The van der Waals surface area contributed by atoms with E-state index < -0.39 is 0 Å². The number of hydrazine groups is 1. The molecule has 0 radical (unpaired) electrons. The zero-order valence-corrected chi connectivity index (χ0v) is 10.4. The Morgan fingerprint density at radius 3 is 2.59 bits per heavy atom. The first-order valence-corrected chi connectivity index (χ1v) is 5.81. The lowest BCUT2D eigenvalue weighted by Crippen LogP contribution is -2.06. The summed E-state index contributed by atoms with van der Waals surface area (Å²) >= 11 is 1.51. The van der Waals surface area contributed by atoms with Crippen LogP contribution in [0.25, 0.3) is 10.6 Å². The molecule has 2 rings (SSSR count). The van der Waals surface area contributed by atoms with E-state index in [1.807, 2.05) is 23.6 Å². The molecular formula is C11H13N3O2S. The number of hydrogen-bond donors (Lipinski definition) is 2. The maximum Gasteiger partial charge on any atom is 0.161 e. The molecule has 90 valence electrons. The SMILES string of the molecule is COc1ccc(-c2nc(NN)cs2)cc1OC. The standard InChI is InChI=1S/C11H13N3O2S/c1-15-8-4-3-7(5-9(8)16-2)11-13-10(14-12)6-17-11/h3-6,14H,12H2,1-2H3. The van der Waals surface area contributed by atoms with Crippen molar-refractivity contribution in [1.82, 2.24) is 4.98 Å². The lowest BCUT2D eigenvalue weighted by molar-refractivity contribution is 0.355. The van der Waals surface area contributed by atoms with Gasteiger partial charge in [-0.25, -0.2) is 10.8 Å². The summed E-state index contributed by atoms with van der Waals surface area (Å²) in [6.45, 7) is 0. The summed E-state index contributed by atoms with van der Waals surface area (Å²) in [5.74, 6) is 7.33. The molecule has 0 saturated carbocycles.